The highest BCUT2D eigenvalue weighted by Crippen LogP contribution is 2.10. The SMILES string of the molecule is CC(C)C(O)CN1CCOCC1CO. The van der Waals surface area contributed by atoms with E-state index in [-0.39, 0.29) is 24.7 Å². The van der Waals surface area contributed by atoms with Crippen LogP contribution in [-0.2, 0) is 4.74 Å². The van der Waals surface area contributed by atoms with Gasteiger partial charge in [-0.1, -0.05) is 13.8 Å². The zero-order valence-corrected chi connectivity index (χ0v) is 9.02. The van der Waals surface area contributed by atoms with Gasteiger partial charge < -0.3 is 14.9 Å². The topological polar surface area (TPSA) is 52.9 Å². The lowest BCUT2D eigenvalue weighted by Gasteiger charge is -2.36. The smallest absolute Gasteiger partial charge is 0.0690 e. The Morgan fingerprint density at radius 2 is 2.21 bits per heavy atom. The highest BCUT2D eigenvalue weighted by Gasteiger charge is 2.24. The van der Waals surface area contributed by atoms with Gasteiger partial charge in [0.15, 0.2) is 0 Å². The molecule has 0 amide bonds. The van der Waals surface area contributed by atoms with Crippen molar-refractivity contribution in [3.8, 4) is 0 Å². The predicted octanol–water partition coefficient (Wildman–Crippen LogP) is -0.304. The van der Waals surface area contributed by atoms with Crippen LogP contribution in [0.2, 0.25) is 0 Å². The van der Waals surface area contributed by atoms with Crippen molar-refractivity contribution in [2.75, 3.05) is 32.9 Å². The number of hydrogen-bond acceptors (Lipinski definition) is 4. The number of nitrogens with zero attached hydrogens (tertiary/aromatic N) is 1. The van der Waals surface area contributed by atoms with E-state index in [0.717, 1.165) is 6.54 Å². The molecule has 2 atom stereocenters. The normalized spacial score (nSPS) is 26.8. The Bertz CT molecular complexity index is 163. The second kappa shape index (κ2) is 5.66. The molecule has 0 aromatic rings. The summed E-state index contributed by atoms with van der Waals surface area (Å²) in [5, 5.41) is 18.8. The average molecular weight is 203 g/mol. The summed E-state index contributed by atoms with van der Waals surface area (Å²) in [5.74, 6) is 0.261. The second-order valence-corrected chi connectivity index (χ2v) is 4.22. The van der Waals surface area contributed by atoms with Gasteiger partial charge in [-0.15, -0.1) is 0 Å². The van der Waals surface area contributed by atoms with Crippen LogP contribution in [0.15, 0.2) is 0 Å². The Balaban J connectivity index is 2.40. The molecule has 1 rings (SSSR count). The van der Waals surface area contributed by atoms with Crippen LogP contribution in [0.25, 0.3) is 0 Å². The third-order valence-electron chi connectivity index (χ3n) is 2.75. The van der Waals surface area contributed by atoms with Crippen LogP contribution >= 0.6 is 0 Å². The summed E-state index contributed by atoms with van der Waals surface area (Å²) in [4.78, 5) is 2.11. The molecule has 1 aliphatic heterocycles. The van der Waals surface area contributed by atoms with Gasteiger partial charge in [0, 0.05) is 13.1 Å². The molecule has 0 aliphatic carbocycles. The van der Waals surface area contributed by atoms with E-state index in [9.17, 15) is 5.11 Å². The number of rotatable bonds is 4. The summed E-state index contributed by atoms with van der Waals surface area (Å²) in [5.41, 5.74) is 0. The largest absolute Gasteiger partial charge is 0.395 e. The third-order valence-corrected chi connectivity index (χ3v) is 2.75. The quantitative estimate of drug-likeness (QED) is 0.658. The fourth-order valence-corrected chi connectivity index (χ4v) is 1.55. The fraction of sp³-hybridized carbons (Fsp3) is 1.00. The molecule has 0 spiro atoms. The van der Waals surface area contributed by atoms with Crippen LogP contribution in [-0.4, -0.2) is 60.2 Å². The number of aliphatic hydroxyl groups is 2. The van der Waals surface area contributed by atoms with Gasteiger partial charge in [-0.2, -0.15) is 0 Å². The molecule has 0 aromatic heterocycles. The van der Waals surface area contributed by atoms with Crippen molar-refractivity contribution in [3.05, 3.63) is 0 Å². The summed E-state index contributed by atoms with van der Waals surface area (Å²) < 4.78 is 5.26. The molecular weight excluding hydrogens is 182 g/mol. The highest BCUT2D eigenvalue weighted by molar-refractivity contribution is 4.77. The maximum atomic E-state index is 9.73. The molecule has 14 heavy (non-hydrogen) atoms. The molecular formula is C10H21NO3. The number of ether oxygens (including phenoxy) is 1. The first-order valence-corrected chi connectivity index (χ1v) is 5.26. The van der Waals surface area contributed by atoms with Crippen LogP contribution in [0.4, 0.5) is 0 Å². The summed E-state index contributed by atoms with van der Waals surface area (Å²) in [6.45, 7) is 6.80. The van der Waals surface area contributed by atoms with Gasteiger partial charge in [-0.05, 0) is 5.92 Å². The molecule has 2 unspecified atom stereocenters. The molecule has 4 heteroatoms. The first kappa shape index (κ1) is 11.9. The van der Waals surface area contributed by atoms with Crippen molar-refractivity contribution in [2.45, 2.75) is 26.0 Å². The molecule has 1 fully saturated rings. The van der Waals surface area contributed by atoms with E-state index < -0.39 is 0 Å². The zero-order chi connectivity index (χ0) is 10.6. The summed E-state index contributed by atoms with van der Waals surface area (Å²) in [7, 11) is 0. The van der Waals surface area contributed by atoms with Crippen LogP contribution in [0.5, 0.6) is 0 Å². The van der Waals surface area contributed by atoms with Crippen molar-refractivity contribution >= 4 is 0 Å². The highest BCUT2D eigenvalue weighted by atomic mass is 16.5. The van der Waals surface area contributed by atoms with E-state index in [2.05, 4.69) is 4.90 Å². The van der Waals surface area contributed by atoms with E-state index in [0.29, 0.717) is 19.8 Å². The maximum Gasteiger partial charge on any atom is 0.0690 e. The average Bonchev–Trinajstić information content (AvgIpc) is 2.18. The van der Waals surface area contributed by atoms with Crippen molar-refractivity contribution in [1.29, 1.82) is 0 Å². The number of morpholine rings is 1. The van der Waals surface area contributed by atoms with Crippen LogP contribution in [0.1, 0.15) is 13.8 Å². The molecule has 0 radical (unpaired) electrons. The van der Waals surface area contributed by atoms with E-state index in [1.807, 2.05) is 13.8 Å². The Kier molecular flexibility index (Phi) is 4.81. The Hall–Kier alpha value is -0.160. The van der Waals surface area contributed by atoms with Gasteiger partial charge in [0.1, 0.15) is 0 Å². The molecule has 1 saturated heterocycles. The minimum atomic E-state index is -0.317. The third kappa shape index (κ3) is 3.20. The monoisotopic (exact) mass is 203 g/mol. The van der Waals surface area contributed by atoms with E-state index >= 15 is 0 Å². The van der Waals surface area contributed by atoms with E-state index in [4.69, 9.17) is 9.84 Å². The molecule has 1 aliphatic rings. The van der Waals surface area contributed by atoms with Gasteiger partial charge in [0.25, 0.3) is 0 Å². The number of aliphatic hydroxyl groups excluding tert-OH is 2. The minimum Gasteiger partial charge on any atom is -0.395 e. The molecule has 0 bridgehead atoms. The first-order chi connectivity index (χ1) is 6.65. The molecule has 84 valence electrons. The van der Waals surface area contributed by atoms with Gasteiger partial charge in [-0.25, -0.2) is 0 Å². The van der Waals surface area contributed by atoms with Crippen molar-refractivity contribution in [2.24, 2.45) is 5.92 Å². The number of hydrogen-bond donors (Lipinski definition) is 2. The Morgan fingerprint density at radius 3 is 2.79 bits per heavy atom. The summed E-state index contributed by atoms with van der Waals surface area (Å²) in [6.07, 6.45) is -0.317. The van der Waals surface area contributed by atoms with E-state index in [1.165, 1.54) is 0 Å². The lowest BCUT2D eigenvalue weighted by molar-refractivity contribution is -0.0487. The lowest BCUT2D eigenvalue weighted by atomic mass is 10.1. The fourth-order valence-electron chi connectivity index (χ4n) is 1.55. The van der Waals surface area contributed by atoms with Crippen molar-refractivity contribution in [1.82, 2.24) is 4.90 Å². The maximum absolute atomic E-state index is 9.73. The van der Waals surface area contributed by atoms with Crippen LogP contribution in [0, 0.1) is 5.92 Å². The van der Waals surface area contributed by atoms with Crippen LogP contribution in [0.3, 0.4) is 0 Å². The van der Waals surface area contributed by atoms with Gasteiger partial charge in [0.2, 0.25) is 0 Å². The Labute approximate surface area is 85.5 Å². The molecule has 2 N–H and O–H groups in total. The molecule has 0 saturated carbocycles. The molecule has 0 aromatic carbocycles. The lowest BCUT2D eigenvalue weighted by Crippen LogP contribution is -2.50. The molecule has 4 nitrogen and oxygen atoms in total. The van der Waals surface area contributed by atoms with Gasteiger partial charge >= 0.3 is 0 Å². The van der Waals surface area contributed by atoms with Gasteiger partial charge in [0.05, 0.1) is 32.0 Å². The summed E-state index contributed by atoms with van der Waals surface area (Å²) in [6, 6.07) is 0.0529. The van der Waals surface area contributed by atoms with Crippen molar-refractivity contribution < 1.29 is 14.9 Å². The van der Waals surface area contributed by atoms with Gasteiger partial charge in [-0.3, -0.25) is 4.90 Å². The Morgan fingerprint density at radius 1 is 1.50 bits per heavy atom. The standard InChI is InChI=1S/C10H21NO3/c1-8(2)10(13)5-11-3-4-14-7-9(11)6-12/h8-10,12-13H,3-7H2,1-2H3. The molecule has 1 heterocycles. The van der Waals surface area contributed by atoms with E-state index in [1.54, 1.807) is 0 Å². The summed E-state index contributed by atoms with van der Waals surface area (Å²) >= 11 is 0. The minimum absolute atomic E-state index is 0.0529. The first-order valence-electron chi connectivity index (χ1n) is 5.26. The zero-order valence-electron chi connectivity index (χ0n) is 9.02. The number of β-amino-alcohol motifs (C(OH)–C–C–N with tert-alkyl or cyclic N) is 1. The predicted molar refractivity (Wildman–Crippen MR) is 54.1 cm³/mol. The second-order valence-electron chi connectivity index (χ2n) is 4.22. The van der Waals surface area contributed by atoms with Crippen molar-refractivity contribution in [3.63, 3.8) is 0 Å². The van der Waals surface area contributed by atoms with Crippen LogP contribution < -0.4 is 0 Å².